The Morgan fingerprint density at radius 3 is 1.79 bits per heavy atom. The third kappa shape index (κ3) is 8.78. The van der Waals surface area contributed by atoms with E-state index in [1.54, 1.807) is 0 Å². The minimum Gasteiger partial charge on any atom is -0.481 e. The average Bonchev–Trinajstić information content (AvgIpc) is 2.57. The van der Waals surface area contributed by atoms with Gasteiger partial charge in [0.2, 0.25) is 0 Å². The Hall–Kier alpha value is -2.20. The predicted octanol–water partition coefficient (Wildman–Crippen LogP) is 1.01. The normalized spacial score (nSPS) is 15.2. The van der Waals surface area contributed by atoms with Crippen molar-refractivity contribution in [2.75, 3.05) is 0 Å². The van der Waals surface area contributed by atoms with E-state index < -0.39 is 65.7 Å². The van der Waals surface area contributed by atoms with E-state index in [0.717, 1.165) is 0 Å². The molecular weight excluding hydrogens is 388 g/mol. The number of esters is 3. The summed E-state index contributed by atoms with van der Waals surface area (Å²) in [5.74, 6) is -5.37. The van der Waals surface area contributed by atoms with Gasteiger partial charge in [-0.05, 0) is 41.5 Å². The van der Waals surface area contributed by atoms with Crippen LogP contribution in [0.1, 0.15) is 61.3 Å². The summed E-state index contributed by atoms with van der Waals surface area (Å²) < 4.78 is 15.5. The molecule has 10 nitrogen and oxygen atoms in total. The first kappa shape index (κ1) is 26.8. The molecule has 168 valence electrons. The van der Waals surface area contributed by atoms with Gasteiger partial charge in [0.25, 0.3) is 0 Å². The van der Waals surface area contributed by atoms with Gasteiger partial charge in [0.1, 0.15) is 11.2 Å². The number of aliphatic hydroxyl groups is 2. The number of aliphatic carboxylic acids is 1. The van der Waals surface area contributed by atoms with E-state index in [4.69, 9.17) is 19.3 Å². The Balaban J connectivity index is 4.88. The highest BCUT2D eigenvalue weighted by Gasteiger charge is 2.39. The van der Waals surface area contributed by atoms with Crippen LogP contribution in [0.4, 0.5) is 0 Å². The molecule has 0 aromatic rings. The molecule has 0 aliphatic heterocycles. The summed E-state index contributed by atoms with van der Waals surface area (Å²) in [6.45, 7) is 10.1. The van der Waals surface area contributed by atoms with Crippen LogP contribution in [0.15, 0.2) is 0 Å². The highest BCUT2D eigenvalue weighted by Crippen LogP contribution is 2.26. The molecule has 10 heteroatoms. The molecule has 0 aliphatic carbocycles. The molecule has 0 heterocycles. The molecule has 0 radical (unpaired) electrons. The van der Waals surface area contributed by atoms with Crippen LogP contribution in [0.25, 0.3) is 0 Å². The summed E-state index contributed by atoms with van der Waals surface area (Å²) in [5.41, 5.74) is -2.53. The maximum Gasteiger partial charge on any atom is 0.347 e. The predicted molar refractivity (Wildman–Crippen MR) is 99.3 cm³/mol. The summed E-state index contributed by atoms with van der Waals surface area (Å²) in [6.07, 6.45) is -3.72. The lowest BCUT2D eigenvalue weighted by Gasteiger charge is -2.34. The number of hydrogen-bond donors (Lipinski definition) is 3. The first-order chi connectivity index (χ1) is 13.0. The van der Waals surface area contributed by atoms with Gasteiger partial charge in [0.05, 0.1) is 18.8 Å². The zero-order chi connectivity index (χ0) is 23.2. The van der Waals surface area contributed by atoms with Crippen molar-refractivity contribution in [3.05, 3.63) is 0 Å². The molecule has 0 rings (SSSR count). The molecule has 3 N–H and O–H groups in total. The second kappa shape index (κ2) is 10.5. The Kier molecular flexibility index (Phi) is 9.74. The largest absolute Gasteiger partial charge is 0.481 e. The molecule has 0 aromatic heterocycles. The maximum absolute atomic E-state index is 12.4. The molecule has 0 fully saturated rings. The van der Waals surface area contributed by atoms with Crippen LogP contribution in [0, 0.1) is 11.8 Å². The molecule has 29 heavy (non-hydrogen) atoms. The van der Waals surface area contributed by atoms with Crippen molar-refractivity contribution in [3.8, 4) is 0 Å². The molecular formula is C19H32O10. The van der Waals surface area contributed by atoms with Crippen molar-refractivity contribution in [2.45, 2.75) is 84.9 Å². The van der Waals surface area contributed by atoms with Crippen LogP contribution >= 0.6 is 0 Å². The minimum atomic E-state index is -1.70. The first-order valence-corrected chi connectivity index (χ1v) is 9.24. The van der Waals surface area contributed by atoms with Crippen molar-refractivity contribution in [1.82, 2.24) is 0 Å². The van der Waals surface area contributed by atoms with E-state index >= 15 is 0 Å². The van der Waals surface area contributed by atoms with Crippen LogP contribution in [-0.2, 0) is 33.4 Å². The SMILES string of the molecule is CC(OC(=O)C(C)C(C)(C)OC(=O)CCC(=O)O)C(=O)OC(C)(C)C(C)C(O)O. The second-order valence-corrected chi connectivity index (χ2v) is 8.00. The van der Waals surface area contributed by atoms with E-state index in [-0.39, 0.29) is 6.42 Å². The van der Waals surface area contributed by atoms with Crippen molar-refractivity contribution in [3.63, 3.8) is 0 Å². The van der Waals surface area contributed by atoms with Crippen molar-refractivity contribution >= 4 is 23.9 Å². The van der Waals surface area contributed by atoms with Crippen molar-refractivity contribution in [1.29, 1.82) is 0 Å². The summed E-state index contributed by atoms with van der Waals surface area (Å²) in [5, 5.41) is 27.1. The van der Waals surface area contributed by atoms with Gasteiger partial charge < -0.3 is 29.5 Å². The summed E-state index contributed by atoms with van der Waals surface area (Å²) in [4.78, 5) is 46.8. The van der Waals surface area contributed by atoms with Crippen LogP contribution in [0.2, 0.25) is 0 Å². The van der Waals surface area contributed by atoms with Gasteiger partial charge in [0.15, 0.2) is 12.4 Å². The monoisotopic (exact) mass is 420 g/mol. The van der Waals surface area contributed by atoms with Gasteiger partial charge in [-0.3, -0.25) is 14.4 Å². The second-order valence-electron chi connectivity index (χ2n) is 8.00. The Bertz CT molecular complexity index is 608. The zero-order valence-corrected chi connectivity index (χ0v) is 17.9. The van der Waals surface area contributed by atoms with E-state index in [9.17, 15) is 29.4 Å². The number of carbonyl (C=O) groups is 4. The number of carbonyl (C=O) groups excluding carboxylic acids is 3. The lowest BCUT2D eigenvalue weighted by molar-refractivity contribution is -0.196. The Morgan fingerprint density at radius 1 is 0.828 bits per heavy atom. The van der Waals surface area contributed by atoms with Crippen molar-refractivity contribution in [2.24, 2.45) is 11.8 Å². The standard InChI is InChI=1S/C19H32O10/c1-10(15(23)24)18(4,5)29-17(26)12(3)27-16(25)11(2)19(6,7)28-14(22)9-8-13(20)21/h10-12,15,23-24H,8-9H2,1-7H3,(H,20,21). The Morgan fingerprint density at radius 2 is 1.34 bits per heavy atom. The number of hydrogen-bond acceptors (Lipinski definition) is 9. The summed E-state index contributed by atoms with van der Waals surface area (Å²) in [7, 11) is 0. The molecule has 0 spiro atoms. The number of rotatable bonds is 11. The first-order valence-electron chi connectivity index (χ1n) is 9.24. The molecule has 0 saturated heterocycles. The molecule has 0 bridgehead atoms. The van der Waals surface area contributed by atoms with Crippen LogP contribution in [-0.4, -0.2) is 62.8 Å². The molecule has 0 aromatic carbocycles. The van der Waals surface area contributed by atoms with Gasteiger partial charge in [-0.25, -0.2) is 4.79 Å². The third-order valence-corrected chi connectivity index (χ3v) is 4.85. The fourth-order valence-corrected chi connectivity index (χ4v) is 2.04. The van der Waals surface area contributed by atoms with Gasteiger partial charge in [-0.2, -0.15) is 0 Å². The molecule has 3 atom stereocenters. The number of ether oxygens (including phenoxy) is 3. The smallest absolute Gasteiger partial charge is 0.347 e. The zero-order valence-electron chi connectivity index (χ0n) is 17.9. The third-order valence-electron chi connectivity index (χ3n) is 4.85. The van der Waals surface area contributed by atoms with Gasteiger partial charge >= 0.3 is 23.9 Å². The molecule has 0 aliphatic rings. The van der Waals surface area contributed by atoms with E-state index in [0.29, 0.717) is 0 Å². The summed E-state index contributed by atoms with van der Waals surface area (Å²) in [6, 6.07) is 0. The molecule has 3 unspecified atom stereocenters. The lowest BCUT2D eigenvalue weighted by Crippen LogP contribution is -2.45. The van der Waals surface area contributed by atoms with Crippen LogP contribution in [0.3, 0.4) is 0 Å². The molecule has 0 amide bonds. The molecule has 0 saturated carbocycles. The van der Waals surface area contributed by atoms with Crippen LogP contribution in [0.5, 0.6) is 0 Å². The van der Waals surface area contributed by atoms with Crippen LogP contribution < -0.4 is 0 Å². The maximum atomic E-state index is 12.4. The van der Waals surface area contributed by atoms with E-state index in [1.165, 1.54) is 48.5 Å². The average molecular weight is 420 g/mol. The fourth-order valence-electron chi connectivity index (χ4n) is 2.04. The van der Waals surface area contributed by atoms with E-state index in [2.05, 4.69) is 0 Å². The minimum absolute atomic E-state index is 0.340. The van der Waals surface area contributed by atoms with Gasteiger partial charge in [-0.15, -0.1) is 0 Å². The topological polar surface area (TPSA) is 157 Å². The highest BCUT2D eigenvalue weighted by atomic mass is 16.6. The fraction of sp³-hybridized carbons (Fsp3) is 0.789. The number of carboxylic acid groups (broad SMARTS) is 1. The number of aliphatic hydroxyl groups excluding tert-OH is 1. The quantitative estimate of drug-likeness (QED) is 0.250. The lowest BCUT2D eigenvalue weighted by atomic mass is 9.92. The number of carboxylic acids is 1. The highest BCUT2D eigenvalue weighted by molar-refractivity contribution is 5.81. The Labute approximate surface area is 170 Å². The van der Waals surface area contributed by atoms with Gasteiger partial charge in [0, 0.05) is 5.92 Å². The van der Waals surface area contributed by atoms with Crippen molar-refractivity contribution < 1.29 is 48.7 Å². The van der Waals surface area contributed by atoms with Gasteiger partial charge in [-0.1, -0.05) is 6.92 Å². The summed E-state index contributed by atoms with van der Waals surface area (Å²) >= 11 is 0. The van der Waals surface area contributed by atoms with E-state index in [1.807, 2.05) is 0 Å².